The quantitative estimate of drug-likeness (QED) is 0.449. The first kappa shape index (κ1) is 4.84. The average molecular weight is 110 g/mol. The molecule has 0 aromatic heterocycles. The second-order valence-corrected chi connectivity index (χ2v) is 3.67. The third-order valence-electron chi connectivity index (χ3n) is 3.20. The molecule has 0 unspecified atom stereocenters. The standard InChI is InChI=1S/C8H14/c1-7-6-8(7)4-2-3-5-8/h7H,2-6H2,1H3/t7-/m1/s1. The van der Waals surface area contributed by atoms with Crippen LogP contribution in [0.25, 0.3) is 0 Å². The fourth-order valence-corrected chi connectivity index (χ4v) is 2.33. The van der Waals surface area contributed by atoms with Crippen LogP contribution in [0.3, 0.4) is 0 Å². The van der Waals surface area contributed by atoms with Crippen LogP contribution in [0.2, 0.25) is 0 Å². The number of hydrogen-bond donors (Lipinski definition) is 0. The zero-order valence-corrected chi connectivity index (χ0v) is 5.61. The Morgan fingerprint density at radius 3 is 2.00 bits per heavy atom. The molecule has 0 aromatic rings. The summed E-state index contributed by atoms with van der Waals surface area (Å²) in [6.45, 7) is 2.41. The summed E-state index contributed by atoms with van der Waals surface area (Å²) < 4.78 is 0. The van der Waals surface area contributed by atoms with Crippen molar-refractivity contribution < 1.29 is 0 Å². The van der Waals surface area contributed by atoms with Crippen LogP contribution in [0.1, 0.15) is 39.0 Å². The van der Waals surface area contributed by atoms with Gasteiger partial charge in [0.25, 0.3) is 0 Å². The van der Waals surface area contributed by atoms with E-state index in [1.165, 1.54) is 12.8 Å². The highest BCUT2D eigenvalue weighted by Crippen LogP contribution is 2.62. The van der Waals surface area contributed by atoms with Crippen molar-refractivity contribution in [2.75, 3.05) is 0 Å². The van der Waals surface area contributed by atoms with Gasteiger partial charge in [-0.25, -0.2) is 0 Å². The third kappa shape index (κ3) is 0.463. The molecule has 0 radical (unpaired) electrons. The molecule has 2 aliphatic rings. The molecule has 0 aromatic carbocycles. The highest BCUT2D eigenvalue weighted by molar-refractivity contribution is 5.02. The van der Waals surface area contributed by atoms with Gasteiger partial charge in [0.15, 0.2) is 0 Å². The van der Waals surface area contributed by atoms with E-state index in [2.05, 4.69) is 6.92 Å². The molecule has 0 heteroatoms. The van der Waals surface area contributed by atoms with E-state index in [4.69, 9.17) is 0 Å². The Bertz CT molecular complexity index is 98.6. The van der Waals surface area contributed by atoms with Crippen LogP contribution in [0, 0.1) is 11.3 Å². The van der Waals surface area contributed by atoms with E-state index >= 15 is 0 Å². The number of rotatable bonds is 0. The van der Waals surface area contributed by atoms with Gasteiger partial charge in [-0.3, -0.25) is 0 Å². The van der Waals surface area contributed by atoms with E-state index in [-0.39, 0.29) is 0 Å². The summed E-state index contributed by atoms with van der Waals surface area (Å²) in [5.74, 6) is 1.09. The molecule has 2 saturated carbocycles. The molecule has 0 aliphatic heterocycles. The smallest absolute Gasteiger partial charge is 0.0269 e. The molecule has 0 nitrogen and oxygen atoms in total. The Morgan fingerprint density at radius 2 is 1.75 bits per heavy atom. The molecule has 8 heavy (non-hydrogen) atoms. The summed E-state index contributed by atoms with van der Waals surface area (Å²) in [5.41, 5.74) is 0.903. The van der Waals surface area contributed by atoms with Crippen molar-refractivity contribution in [3.8, 4) is 0 Å². The first-order chi connectivity index (χ1) is 3.83. The predicted molar refractivity (Wildman–Crippen MR) is 34.7 cm³/mol. The first-order valence-corrected chi connectivity index (χ1v) is 3.83. The maximum absolute atomic E-state index is 2.41. The Balaban J connectivity index is 2.06. The van der Waals surface area contributed by atoms with E-state index in [9.17, 15) is 0 Å². The van der Waals surface area contributed by atoms with Gasteiger partial charge in [-0.05, 0) is 30.6 Å². The SMILES string of the molecule is C[C@@H]1CC12CCCC2. The second-order valence-electron chi connectivity index (χ2n) is 3.67. The zero-order chi connectivity index (χ0) is 5.61. The van der Waals surface area contributed by atoms with E-state index < -0.39 is 0 Å². The van der Waals surface area contributed by atoms with Crippen LogP contribution < -0.4 is 0 Å². The van der Waals surface area contributed by atoms with E-state index in [0.29, 0.717) is 0 Å². The highest BCUT2D eigenvalue weighted by atomic mass is 14.6. The molecule has 46 valence electrons. The third-order valence-corrected chi connectivity index (χ3v) is 3.20. The van der Waals surface area contributed by atoms with Crippen molar-refractivity contribution in [2.45, 2.75) is 39.0 Å². The minimum absolute atomic E-state index is 0.903. The predicted octanol–water partition coefficient (Wildman–Crippen LogP) is 2.59. The van der Waals surface area contributed by atoms with Crippen molar-refractivity contribution in [3.05, 3.63) is 0 Å². The van der Waals surface area contributed by atoms with Crippen LogP contribution in [0.4, 0.5) is 0 Å². The molecule has 2 rings (SSSR count). The Labute approximate surface area is 51.3 Å². The van der Waals surface area contributed by atoms with Crippen LogP contribution in [0.5, 0.6) is 0 Å². The lowest BCUT2D eigenvalue weighted by atomic mass is 10.0. The largest absolute Gasteiger partial charge is 0.0620 e. The van der Waals surface area contributed by atoms with Gasteiger partial charge in [0.05, 0.1) is 0 Å². The normalized spacial score (nSPS) is 40.9. The van der Waals surface area contributed by atoms with Gasteiger partial charge >= 0.3 is 0 Å². The summed E-state index contributed by atoms with van der Waals surface area (Å²) in [4.78, 5) is 0. The van der Waals surface area contributed by atoms with Crippen LogP contribution in [-0.2, 0) is 0 Å². The lowest BCUT2D eigenvalue weighted by Gasteiger charge is -2.01. The summed E-state index contributed by atoms with van der Waals surface area (Å²) in [6.07, 6.45) is 7.68. The van der Waals surface area contributed by atoms with Gasteiger partial charge in [0.2, 0.25) is 0 Å². The fourth-order valence-electron chi connectivity index (χ4n) is 2.33. The molecular formula is C8H14. The van der Waals surface area contributed by atoms with Gasteiger partial charge in [0, 0.05) is 0 Å². The van der Waals surface area contributed by atoms with Crippen LogP contribution in [0.15, 0.2) is 0 Å². The van der Waals surface area contributed by atoms with Gasteiger partial charge < -0.3 is 0 Å². The van der Waals surface area contributed by atoms with E-state index in [1.54, 1.807) is 19.3 Å². The number of hydrogen-bond acceptors (Lipinski definition) is 0. The fraction of sp³-hybridized carbons (Fsp3) is 1.00. The average Bonchev–Trinajstić information content (AvgIpc) is 2.29. The molecule has 1 atom stereocenters. The molecule has 0 saturated heterocycles. The molecule has 0 heterocycles. The summed E-state index contributed by atoms with van der Waals surface area (Å²) in [5, 5.41) is 0. The molecule has 2 fully saturated rings. The van der Waals surface area contributed by atoms with E-state index in [0.717, 1.165) is 11.3 Å². The van der Waals surface area contributed by atoms with Gasteiger partial charge in [-0.1, -0.05) is 19.8 Å². The summed E-state index contributed by atoms with van der Waals surface area (Å²) >= 11 is 0. The van der Waals surface area contributed by atoms with Crippen molar-refractivity contribution in [3.63, 3.8) is 0 Å². The second kappa shape index (κ2) is 1.29. The molecule has 0 N–H and O–H groups in total. The topological polar surface area (TPSA) is 0 Å². The Morgan fingerprint density at radius 1 is 1.25 bits per heavy atom. The zero-order valence-electron chi connectivity index (χ0n) is 5.61. The van der Waals surface area contributed by atoms with Crippen LogP contribution in [-0.4, -0.2) is 0 Å². The minimum Gasteiger partial charge on any atom is -0.0620 e. The monoisotopic (exact) mass is 110 g/mol. The Kier molecular flexibility index (Phi) is 0.778. The van der Waals surface area contributed by atoms with E-state index in [1.807, 2.05) is 0 Å². The van der Waals surface area contributed by atoms with Crippen molar-refractivity contribution in [2.24, 2.45) is 11.3 Å². The summed E-state index contributed by atoms with van der Waals surface area (Å²) in [7, 11) is 0. The molecule has 0 bridgehead atoms. The van der Waals surface area contributed by atoms with Crippen molar-refractivity contribution in [1.82, 2.24) is 0 Å². The first-order valence-electron chi connectivity index (χ1n) is 3.83. The van der Waals surface area contributed by atoms with Gasteiger partial charge in [-0.15, -0.1) is 0 Å². The molecule has 2 aliphatic carbocycles. The van der Waals surface area contributed by atoms with Gasteiger partial charge in [-0.2, -0.15) is 0 Å². The van der Waals surface area contributed by atoms with Crippen molar-refractivity contribution in [1.29, 1.82) is 0 Å². The van der Waals surface area contributed by atoms with Crippen LogP contribution >= 0.6 is 0 Å². The summed E-state index contributed by atoms with van der Waals surface area (Å²) in [6, 6.07) is 0. The molecule has 0 amide bonds. The molecular weight excluding hydrogens is 96.1 g/mol. The maximum atomic E-state index is 2.41. The minimum atomic E-state index is 0.903. The lowest BCUT2D eigenvalue weighted by Crippen LogP contribution is -1.92. The van der Waals surface area contributed by atoms with Gasteiger partial charge in [0.1, 0.15) is 0 Å². The Hall–Kier alpha value is 0. The molecule has 1 spiro atoms. The highest BCUT2D eigenvalue weighted by Gasteiger charge is 2.51. The maximum Gasteiger partial charge on any atom is -0.0269 e. The van der Waals surface area contributed by atoms with Crippen molar-refractivity contribution >= 4 is 0 Å². The lowest BCUT2D eigenvalue weighted by molar-refractivity contribution is 0.486.